The van der Waals surface area contributed by atoms with E-state index in [4.69, 9.17) is 4.74 Å². The van der Waals surface area contributed by atoms with Crippen molar-refractivity contribution in [3.8, 4) is 0 Å². The first-order valence-corrected chi connectivity index (χ1v) is 7.15. The van der Waals surface area contributed by atoms with Crippen LogP contribution in [0.5, 0.6) is 0 Å². The quantitative estimate of drug-likeness (QED) is 0.800. The molecule has 17 heavy (non-hydrogen) atoms. The van der Waals surface area contributed by atoms with Gasteiger partial charge in [0.05, 0.1) is 5.60 Å². The predicted octanol–water partition coefficient (Wildman–Crippen LogP) is 3.78. The molecule has 0 amide bonds. The van der Waals surface area contributed by atoms with Crippen LogP contribution in [0.4, 0.5) is 0 Å². The van der Waals surface area contributed by atoms with Gasteiger partial charge in [0.15, 0.2) is 0 Å². The topological polar surface area (TPSA) is 21.3 Å². The fourth-order valence-corrected chi connectivity index (χ4v) is 2.89. The molecule has 0 aliphatic carbocycles. The SMILES string of the molecule is CCc1ccc(C(CCC(C)(C)OC)NC)s1. The van der Waals surface area contributed by atoms with E-state index in [-0.39, 0.29) is 5.60 Å². The molecule has 1 aromatic heterocycles. The Morgan fingerprint density at radius 1 is 1.41 bits per heavy atom. The van der Waals surface area contributed by atoms with E-state index < -0.39 is 0 Å². The van der Waals surface area contributed by atoms with E-state index in [9.17, 15) is 0 Å². The maximum atomic E-state index is 5.47. The largest absolute Gasteiger partial charge is 0.379 e. The minimum absolute atomic E-state index is 0.0278. The number of ether oxygens (including phenoxy) is 1. The van der Waals surface area contributed by atoms with Crippen LogP contribution in [0, 0.1) is 0 Å². The minimum Gasteiger partial charge on any atom is -0.379 e. The van der Waals surface area contributed by atoms with Crippen LogP contribution in [0.2, 0.25) is 0 Å². The molecule has 1 heterocycles. The summed E-state index contributed by atoms with van der Waals surface area (Å²) in [6.45, 7) is 6.50. The lowest BCUT2D eigenvalue weighted by Gasteiger charge is -2.25. The molecule has 1 rings (SSSR count). The van der Waals surface area contributed by atoms with Gasteiger partial charge in [0.2, 0.25) is 0 Å². The Kier molecular flexibility index (Phi) is 5.63. The molecule has 0 saturated carbocycles. The summed E-state index contributed by atoms with van der Waals surface area (Å²) in [5, 5.41) is 3.41. The number of hydrogen-bond acceptors (Lipinski definition) is 3. The highest BCUT2D eigenvalue weighted by Crippen LogP contribution is 2.29. The Morgan fingerprint density at radius 3 is 2.59 bits per heavy atom. The van der Waals surface area contributed by atoms with Crippen molar-refractivity contribution >= 4 is 11.3 Å². The number of methoxy groups -OCH3 is 1. The second kappa shape index (κ2) is 6.53. The van der Waals surface area contributed by atoms with Gasteiger partial charge in [0, 0.05) is 22.9 Å². The van der Waals surface area contributed by atoms with Crippen LogP contribution in [-0.4, -0.2) is 19.8 Å². The molecule has 2 nitrogen and oxygen atoms in total. The lowest BCUT2D eigenvalue weighted by molar-refractivity contribution is 0.0119. The fraction of sp³-hybridized carbons (Fsp3) is 0.714. The predicted molar refractivity (Wildman–Crippen MR) is 75.8 cm³/mol. The monoisotopic (exact) mass is 255 g/mol. The Bertz CT molecular complexity index is 333. The van der Waals surface area contributed by atoms with Gasteiger partial charge in [-0.2, -0.15) is 0 Å². The average molecular weight is 255 g/mol. The third-order valence-corrected chi connectivity index (χ3v) is 4.65. The normalized spacial score (nSPS) is 13.9. The van der Waals surface area contributed by atoms with Crippen LogP contribution in [0.3, 0.4) is 0 Å². The first kappa shape index (κ1) is 14.7. The van der Waals surface area contributed by atoms with Gasteiger partial charge in [-0.1, -0.05) is 6.92 Å². The van der Waals surface area contributed by atoms with Crippen LogP contribution in [0.15, 0.2) is 12.1 Å². The van der Waals surface area contributed by atoms with E-state index in [0.717, 1.165) is 19.3 Å². The minimum atomic E-state index is -0.0278. The number of rotatable bonds is 7. The second-order valence-corrected chi connectivity index (χ2v) is 6.20. The molecule has 1 atom stereocenters. The van der Waals surface area contributed by atoms with Crippen LogP contribution in [0.25, 0.3) is 0 Å². The number of thiophene rings is 1. The van der Waals surface area contributed by atoms with Gasteiger partial charge in [-0.3, -0.25) is 0 Å². The number of nitrogens with one attached hydrogen (secondary N) is 1. The zero-order valence-corrected chi connectivity index (χ0v) is 12.5. The molecule has 0 radical (unpaired) electrons. The molecule has 0 bridgehead atoms. The Labute approximate surface area is 109 Å². The van der Waals surface area contributed by atoms with Crippen molar-refractivity contribution in [2.45, 2.75) is 51.7 Å². The third-order valence-electron chi connectivity index (χ3n) is 3.31. The summed E-state index contributed by atoms with van der Waals surface area (Å²) in [4.78, 5) is 2.91. The molecular formula is C14H25NOS. The zero-order chi connectivity index (χ0) is 12.9. The van der Waals surface area contributed by atoms with Gasteiger partial charge in [0.25, 0.3) is 0 Å². The highest BCUT2D eigenvalue weighted by Gasteiger charge is 2.20. The molecule has 0 saturated heterocycles. The van der Waals surface area contributed by atoms with Gasteiger partial charge < -0.3 is 10.1 Å². The van der Waals surface area contributed by atoms with Crippen LogP contribution in [0.1, 0.15) is 49.4 Å². The van der Waals surface area contributed by atoms with Gasteiger partial charge in [-0.05, 0) is 52.3 Å². The van der Waals surface area contributed by atoms with Gasteiger partial charge in [0.1, 0.15) is 0 Å². The van der Waals surface area contributed by atoms with Gasteiger partial charge in [-0.15, -0.1) is 11.3 Å². The van der Waals surface area contributed by atoms with Crippen LogP contribution >= 0.6 is 11.3 Å². The molecule has 98 valence electrons. The van der Waals surface area contributed by atoms with E-state index in [0.29, 0.717) is 6.04 Å². The molecular weight excluding hydrogens is 230 g/mol. The molecule has 0 aromatic carbocycles. The average Bonchev–Trinajstić information content (AvgIpc) is 2.78. The van der Waals surface area contributed by atoms with Crippen molar-refractivity contribution in [2.75, 3.05) is 14.2 Å². The molecule has 1 N–H and O–H groups in total. The van der Waals surface area contributed by atoms with Crippen molar-refractivity contribution in [2.24, 2.45) is 0 Å². The van der Waals surface area contributed by atoms with Crippen molar-refractivity contribution < 1.29 is 4.74 Å². The molecule has 0 fully saturated rings. The Hall–Kier alpha value is -0.380. The second-order valence-electron chi connectivity index (χ2n) is 5.00. The summed E-state index contributed by atoms with van der Waals surface area (Å²) in [5.41, 5.74) is -0.0278. The molecule has 0 aliphatic rings. The van der Waals surface area contributed by atoms with Crippen molar-refractivity contribution in [3.05, 3.63) is 21.9 Å². The van der Waals surface area contributed by atoms with E-state index in [1.807, 2.05) is 18.4 Å². The lowest BCUT2D eigenvalue weighted by Crippen LogP contribution is -2.25. The highest BCUT2D eigenvalue weighted by atomic mass is 32.1. The standard InChI is InChI=1S/C14H25NOS/c1-6-11-7-8-13(17-11)12(15-4)9-10-14(2,3)16-5/h7-8,12,15H,6,9-10H2,1-5H3. The molecule has 1 unspecified atom stereocenters. The van der Waals surface area contributed by atoms with Gasteiger partial charge >= 0.3 is 0 Å². The summed E-state index contributed by atoms with van der Waals surface area (Å²) < 4.78 is 5.47. The lowest BCUT2D eigenvalue weighted by atomic mass is 9.98. The van der Waals surface area contributed by atoms with E-state index in [2.05, 4.69) is 38.2 Å². The van der Waals surface area contributed by atoms with E-state index >= 15 is 0 Å². The third kappa shape index (κ3) is 4.41. The first-order chi connectivity index (χ1) is 8.02. The van der Waals surface area contributed by atoms with Crippen molar-refractivity contribution in [1.29, 1.82) is 0 Å². The zero-order valence-electron chi connectivity index (χ0n) is 11.7. The summed E-state index contributed by atoms with van der Waals surface area (Å²) in [6.07, 6.45) is 3.31. The molecule has 0 spiro atoms. The maximum Gasteiger partial charge on any atom is 0.0623 e. The van der Waals surface area contributed by atoms with Crippen LogP contribution < -0.4 is 5.32 Å². The smallest absolute Gasteiger partial charge is 0.0623 e. The Morgan fingerprint density at radius 2 is 2.12 bits per heavy atom. The van der Waals surface area contributed by atoms with Crippen molar-refractivity contribution in [1.82, 2.24) is 5.32 Å². The summed E-state index contributed by atoms with van der Waals surface area (Å²) in [5.74, 6) is 0. The first-order valence-electron chi connectivity index (χ1n) is 6.33. The summed E-state index contributed by atoms with van der Waals surface area (Å²) >= 11 is 1.92. The Balaban J connectivity index is 2.59. The van der Waals surface area contributed by atoms with E-state index in [1.54, 1.807) is 7.11 Å². The number of hydrogen-bond donors (Lipinski definition) is 1. The number of aryl methyl sites for hydroxylation is 1. The summed E-state index contributed by atoms with van der Waals surface area (Å²) in [6, 6.07) is 4.95. The van der Waals surface area contributed by atoms with E-state index in [1.165, 1.54) is 9.75 Å². The molecule has 0 aliphatic heterocycles. The fourth-order valence-electron chi connectivity index (χ4n) is 1.79. The summed E-state index contributed by atoms with van der Waals surface area (Å²) in [7, 11) is 3.82. The van der Waals surface area contributed by atoms with Crippen LogP contribution in [-0.2, 0) is 11.2 Å². The van der Waals surface area contributed by atoms with Crippen molar-refractivity contribution in [3.63, 3.8) is 0 Å². The maximum absolute atomic E-state index is 5.47. The molecule has 3 heteroatoms. The highest BCUT2D eigenvalue weighted by molar-refractivity contribution is 7.12. The van der Waals surface area contributed by atoms with Gasteiger partial charge in [-0.25, -0.2) is 0 Å². The molecule has 1 aromatic rings.